The van der Waals surface area contributed by atoms with E-state index in [4.69, 9.17) is 0 Å². The van der Waals surface area contributed by atoms with Crippen molar-refractivity contribution in [1.29, 1.82) is 0 Å². The molecule has 0 saturated heterocycles. The molecule has 1 aliphatic heterocycles. The summed E-state index contributed by atoms with van der Waals surface area (Å²) in [5, 5.41) is 3.10. The van der Waals surface area contributed by atoms with Gasteiger partial charge >= 0.3 is 0 Å². The third-order valence-corrected chi connectivity index (χ3v) is 6.30. The van der Waals surface area contributed by atoms with Gasteiger partial charge in [-0.25, -0.2) is 0 Å². The first-order chi connectivity index (χ1) is 11.5. The fraction of sp³-hybridized carbons (Fsp3) is 0.368. The number of hydrogen-bond donors (Lipinski definition) is 1. The fourth-order valence-corrected chi connectivity index (χ4v) is 5.10. The van der Waals surface area contributed by atoms with Crippen molar-refractivity contribution < 1.29 is 9.59 Å². The molecule has 1 N–H and O–H groups in total. The summed E-state index contributed by atoms with van der Waals surface area (Å²) in [6.45, 7) is 3.96. The number of amides is 1. The van der Waals surface area contributed by atoms with Crippen LogP contribution in [0.2, 0.25) is 0 Å². The van der Waals surface area contributed by atoms with Crippen molar-refractivity contribution in [3.05, 3.63) is 51.2 Å². The molecule has 126 valence electrons. The number of aryl methyl sites for hydroxylation is 2. The molecule has 5 heteroatoms. The van der Waals surface area contributed by atoms with Gasteiger partial charge in [-0.05, 0) is 38.0 Å². The summed E-state index contributed by atoms with van der Waals surface area (Å²) in [6, 6.07) is 10.2. The van der Waals surface area contributed by atoms with E-state index in [0.717, 1.165) is 27.5 Å². The predicted molar refractivity (Wildman–Crippen MR) is 100 cm³/mol. The van der Waals surface area contributed by atoms with Crippen LogP contribution in [-0.2, 0) is 4.79 Å². The van der Waals surface area contributed by atoms with Gasteiger partial charge in [0, 0.05) is 38.8 Å². The Bertz CT molecular complexity index is 766. The lowest BCUT2D eigenvalue weighted by atomic mass is 10.0. The van der Waals surface area contributed by atoms with Crippen LogP contribution in [0.25, 0.3) is 0 Å². The summed E-state index contributed by atoms with van der Waals surface area (Å²) in [5.74, 6) is 1.03. The average molecular weight is 360 g/mol. The van der Waals surface area contributed by atoms with Crippen LogP contribution in [0.5, 0.6) is 0 Å². The number of Topliss-reactive ketones (excluding diaryl/α,β-unsaturated/α-hetero) is 1. The number of hydrogen-bond acceptors (Lipinski definition) is 4. The van der Waals surface area contributed by atoms with Crippen LogP contribution in [-0.4, -0.2) is 17.4 Å². The topological polar surface area (TPSA) is 46.2 Å². The van der Waals surface area contributed by atoms with Gasteiger partial charge in [0.15, 0.2) is 5.78 Å². The summed E-state index contributed by atoms with van der Waals surface area (Å²) < 4.78 is 0. The molecule has 1 unspecified atom stereocenters. The lowest BCUT2D eigenvalue weighted by molar-refractivity contribution is -0.121. The van der Waals surface area contributed by atoms with Gasteiger partial charge in [0.2, 0.25) is 5.91 Å². The SMILES string of the molecule is Cc1cc(C(=O)CCC(=O)NC2CCSc3ccccc32)c(C)s1. The zero-order valence-corrected chi connectivity index (χ0v) is 15.6. The van der Waals surface area contributed by atoms with Crippen molar-refractivity contribution in [2.24, 2.45) is 0 Å². The number of carbonyl (C=O) groups is 2. The predicted octanol–water partition coefficient (Wildman–Crippen LogP) is 4.68. The Balaban J connectivity index is 1.57. The highest BCUT2D eigenvalue weighted by atomic mass is 32.2. The maximum Gasteiger partial charge on any atom is 0.220 e. The molecule has 1 aromatic heterocycles. The number of benzene rings is 1. The minimum atomic E-state index is -0.0420. The smallest absolute Gasteiger partial charge is 0.220 e. The lowest BCUT2D eigenvalue weighted by Gasteiger charge is -2.25. The summed E-state index contributed by atoms with van der Waals surface area (Å²) in [7, 11) is 0. The second-order valence-electron chi connectivity index (χ2n) is 6.05. The molecule has 24 heavy (non-hydrogen) atoms. The molecule has 0 bridgehead atoms. The fourth-order valence-electron chi connectivity index (χ4n) is 3.03. The Hall–Kier alpha value is -1.59. The third-order valence-electron chi connectivity index (χ3n) is 4.21. The molecule has 0 radical (unpaired) electrons. The zero-order chi connectivity index (χ0) is 17.1. The number of rotatable bonds is 5. The Kier molecular flexibility index (Phi) is 5.41. The van der Waals surface area contributed by atoms with Crippen molar-refractivity contribution >= 4 is 34.8 Å². The Labute approximate surface area is 150 Å². The summed E-state index contributed by atoms with van der Waals surface area (Å²) in [4.78, 5) is 28.0. The van der Waals surface area contributed by atoms with Crippen molar-refractivity contribution in [3.8, 4) is 0 Å². The molecular formula is C19H21NO2S2. The van der Waals surface area contributed by atoms with Gasteiger partial charge in [0.25, 0.3) is 0 Å². The summed E-state index contributed by atoms with van der Waals surface area (Å²) in [5.41, 5.74) is 1.96. The lowest BCUT2D eigenvalue weighted by Crippen LogP contribution is -2.30. The van der Waals surface area contributed by atoms with E-state index in [1.165, 1.54) is 10.5 Å². The first kappa shape index (κ1) is 17.2. The Morgan fingerprint density at radius 3 is 2.75 bits per heavy atom. The van der Waals surface area contributed by atoms with Crippen LogP contribution in [0, 0.1) is 13.8 Å². The molecule has 1 aromatic carbocycles. The number of fused-ring (bicyclic) bond motifs is 1. The Morgan fingerprint density at radius 2 is 2.00 bits per heavy atom. The van der Waals surface area contributed by atoms with Crippen molar-refractivity contribution in [2.75, 3.05) is 5.75 Å². The molecule has 0 spiro atoms. The highest BCUT2D eigenvalue weighted by Crippen LogP contribution is 2.35. The molecule has 1 aliphatic rings. The van der Waals surface area contributed by atoms with E-state index < -0.39 is 0 Å². The molecule has 1 atom stereocenters. The first-order valence-corrected chi connectivity index (χ1v) is 9.96. The van der Waals surface area contributed by atoms with Crippen LogP contribution in [0.1, 0.15) is 51.0 Å². The molecule has 2 heterocycles. The molecular weight excluding hydrogens is 338 g/mol. The molecule has 1 amide bonds. The molecule has 3 nitrogen and oxygen atoms in total. The van der Waals surface area contributed by atoms with Gasteiger partial charge in [-0.3, -0.25) is 9.59 Å². The van der Waals surface area contributed by atoms with Gasteiger partial charge in [0.1, 0.15) is 0 Å². The molecule has 0 fully saturated rings. The van der Waals surface area contributed by atoms with Crippen molar-refractivity contribution in [1.82, 2.24) is 5.32 Å². The molecule has 0 saturated carbocycles. The molecule has 3 rings (SSSR count). The second-order valence-corrected chi connectivity index (χ2v) is 8.64. The van der Waals surface area contributed by atoms with E-state index >= 15 is 0 Å². The van der Waals surface area contributed by atoms with Crippen LogP contribution < -0.4 is 5.32 Å². The Morgan fingerprint density at radius 1 is 1.21 bits per heavy atom. The number of nitrogens with one attached hydrogen (secondary N) is 1. The largest absolute Gasteiger partial charge is 0.349 e. The van der Waals surface area contributed by atoms with E-state index in [-0.39, 0.29) is 30.6 Å². The monoisotopic (exact) mass is 359 g/mol. The maximum absolute atomic E-state index is 12.3. The maximum atomic E-state index is 12.3. The van der Waals surface area contributed by atoms with Crippen LogP contribution in [0.3, 0.4) is 0 Å². The van der Waals surface area contributed by atoms with Crippen LogP contribution >= 0.6 is 23.1 Å². The number of thiophene rings is 1. The van der Waals surface area contributed by atoms with E-state index in [1.807, 2.05) is 43.8 Å². The quantitative estimate of drug-likeness (QED) is 0.788. The van der Waals surface area contributed by atoms with Gasteiger partial charge in [-0.1, -0.05) is 18.2 Å². The van der Waals surface area contributed by atoms with Gasteiger partial charge in [-0.2, -0.15) is 0 Å². The average Bonchev–Trinajstić information content (AvgIpc) is 2.91. The van der Waals surface area contributed by atoms with E-state index in [1.54, 1.807) is 11.3 Å². The minimum absolute atomic E-state index is 0.0420. The van der Waals surface area contributed by atoms with Crippen LogP contribution in [0.15, 0.2) is 35.2 Å². The van der Waals surface area contributed by atoms with Crippen molar-refractivity contribution in [2.45, 2.75) is 44.0 Å². The van der Waals surface area contributed by atoms with Crippen molar-refractivity contribution in [3.63, 3.8) is 0 Å². The van der Waals surface area contributed by atoms with Gasteiger partial charge in [-0.15, -0.1) is 23.1 Å². The molecule has 0 aliphatic carbocycles. The minimum Gasteiger partial charge on any atom is -0.349 e. The number of carbonyl (C=O) groups excluding carboxylic acids is 2. The van der Waals surface area contributed by atoms with Crippen LogP contribution in [0.4, 0.5) is 0 Å². The zero-order valence-electron chi connectivity index (χ0n) is 13.9. The number of thioether (sulfide) groups is 1. The first-order valence-electron chi connectivity index (χ1n) is 8.16. The number of ketones is 1. The summed E-state index contributed by atoms with van der Waals surface area (Å²) >= 11 is 3.46. The second kappa shape index (κ2) is 7.53. The highest BCUT2D eigenvalue weighted by Gasteiger charge is 2.22. The standard InChI is InChI=1S/C19H21NO2S2/c1-12-11-15(13(2)24-12)17(21)7-8-19(22)20-16-9-10-23-18-6-4-3-5-14(16)18/h3-6,11,16H,7-10H2,1-2H3,(H,20,22). The highest BCUT2D eigenvalue weighted by molar-refractivity contribution is 7.99. The van der Waals surface area contributed by atoms with Gasteiger partial charge < -0.3 is 5.32 Å². The summed E-state index contributed by atoms with van der Waals surface area (Å²) in [6.07, 6.45) is 1.45. The van der Waals surface area contributed by atoms with Gasteiger partial charge in [0.05, 0.1) is 6.04 Å². The van der Waals surface area contributed by atoms with E-state index in [2.05, 4.69) is 17.4 Å². The normalized spacial score (nSPS) is 16.5. The van der Waals surface area contributed by atoms with E-state index in [9.17, 15) is 9.59 Å². The van der Waals surface area contributed by atoms with E-state index in [0.29, 0.717) is 0 Å². The molecule has 2 aromatic rings. The third kappa shape index (κ3) is 3.90.